The second-order valence-corrected chi connectivity index (χ2v) is 3.87. The van der Waals surface area contributed by atoms with Crippen LogP contribution in [-0.4, -0.2) is 51.5 Å². The molecule has 1 aliphatic carbocycles. The summed E-state index contributed by atoms with van der Waals surface area (Å²) in [6.45, 7) is 0. The fraction of sp³-hybridized carbons (Fsp3) is 0.500. The number of aliphatic carboxylic acids is 2. The van der Waals surface area contributed by atoms with Gasteiger partial charge in [0.15, 0.2) is 6.10 Å². The molecule has 8 heteroatoms. The maximum absolute atomic E-state index is 11.5. The van der Waals surface area contributed by atoms with Crippen molar-refractivity contribution in [3.8, 4) is 0 Å². The number of carboxylic acids is 2. The van der Waals surface area contributed by atoms with Gasteiger partial charge in [-0.25, -0.2) is 9.59 Å². The minimum atomic E-state index is -2.31. The highest BCUT2D eigenvalue weighted by atomic mass is 16.6. The van der Waals surface area contributed by atoms with Crippen molar-refractivity contribution in [3.05, 3.63) is 12.2 Å². The molecule has 0 aromatic heterocycles. The topological polar surface area (TPSA) is 147 Å². The smallest absolute Gasteiger partial charge is 0.348 e. The van der Waals surface area contributed by atoms with E-state index in [-0.39, 0.29) is 12.5 Å². The van der Waals surface area contributed by atoms with Gasteiger partial charge in [-0.1, -0.05) is 12.2 Å². The van der Waals surface area contributed by atoms with E-state index in [4.69, 9.17) is 21.1 Å². The monoisotopic (exact) mass is 259 g/mol. The van der Waals surface area contributed by atoms with Crippen molar-refractivity contribution in [1.29, 1.82) is 0 Å². The van der Waals surface area contributed by atoms with Gasteiger partial charge in [0.2, 0.25) is 6.10 Å². The predicted molar refractivity (Wildman–Crippen MR) is 56.4 cm³/mol. The van der Waals surface area contributed by atoms with Crippen LogP contribution in [0.2, 0.25) is 0 Å². The number of carboxylic acid groups (broad SMARTS) is 2. The average molecular weight is 259 g/mol. The summed E-state index contributed by atoms with van der Waals surface area (Å²) in [6.07, 6.45) is -1.17. The number of hydrogen-bond donors (Lipinski definition) is 4. The molecule has 0 radical (unpaired) electrons. The predicted octanol–water partition coefficient (Wildman–Crippen LogP) is -1.67. The fourth-order valence-corrected chi connectivity index (χ4v) is 1.49. The Morgan fingerprint density at radius 2 is 1.83 bits per heavy atom. The Bertz CT molecular complexity index is 392. The maximum Gasteiger partial charge on any atom is 0.348 e. The molecule has 18 heavy (non-hydrogen) atoms. The number of carbonyl (C=O) groups excluding carboxylic acids is 1. The second kappa shape index (κ2) is 5.61. The third-order valence-corrected chi connectivity index (χ3v) is 2.45. The van der Waals surface area contributed by atoms with E-state index in [1.54, 1.807) is 6.08 Å². The van der Waals surface area contributed by atoms with Crippen LogP contribution < -0.4 is 5.73 Å². The van der Waals surface area contributed by atoms with Gasteiger partial charge in [-0.2, -0.15) is 0 Å². The molecular weight excluding hydrogens is 246 g/mol. The number of aliphatic hydroxyl groups excluding tert-OH is 1. The third kappa shape index (κ3) is 3.28. The third-order valence-electron chi connectivity index (χ3n) is 2.45. The van der Waals surface area contributed by atoms with E-state index in [2.05, 4.69) is 4.74 Å². The molecule has 0 aromatic carbocycles. The van der Waals surface area contributed by atoms with Crippen molar-refractivity contribution in [2.75, 3.05) is 0 Å². The summed E-state index contributed by atoms with van der Waals surface area (Å²) in [5.74, 6) is -5.16. The summed E-state index contributed by atoms with van der Waals surface area (Å²) in [5.41, 5.74) is 5.51. The maximum atomic E-state index is 11.5. The molecule has 100 valence electrons. The fourth-order valence-electron chi connectivity index (χ4n) is 1.49. The number of rotatable bonds is 5. The van der Waals surface area contributed by atoms with E-state index >= 15 is 0 Å². The minimum Gasteiger partial charge on any atom is -0.479 e. The van der Waals surface area contributed by atoms with Gasteiger partial charge in [-0.05, 0) is 6.42 Å². The molecule has 5 N–H and O–H groups in total. The van der Waals surface area contributed by atoms with E-state index in [0.717, 1.165) is 0 Å². The zero-order chi connectivity index (χ0) is 13.9. The Morgan fingerprint density at radius 3 is 2.22 bits per heavy atom. The van der Waals surface area contributed by atoms with Gasteiger partial charge in [-0.15, -0.1) is 0 Å². The van der Waals surface area contributed by atoms with Crippen LogP contribution in [0.15, 0.2) is 12.2 Å². The lowest BCUT2D eigenvalue weighted by Gasteiger charge is -2.18. The van der Waals surface area contributed by atoms with Crippen LogP contribution in [0.3, 0.4) is 0 Å². The molecule has 0 aliphatic heterocycles. The van der Waals surface area contributed by atoms with E-state index < -0.39 is 36.0 Å². The van der Waals surface area contributed by atoms with Crippen LogP contribution in [-0.2, 0) is 19.1 Å². The first-order valence-electron chi connectivity index (χ1n) is 5.11. The molecule has 1 rings (SSSR count). The zero-order valence-electron chi connectivity index (χ0n) is 9.22. The van der Waals surface area contributed by atoms with Gasteiger partial charge in [-0.3, -0.25) is 4.79 Å². The largest absolute Gasteiger partial charge is 0.479 e. The van der Waals surface area contributed by atoms with Crippen molar-refractivity contribution in [2.45, 2.75) is 24.7 Å². The van der Waals surface area contributed by atoms with Crippen LogP contribution >= 0.6 is 0 Å². The number of hydrogen-bond acceptors (Lipinski definition) is 6. The molecule has 1 aliphatic rings. The Hall–Kier alpha value is -1.93. The summed E-state index contributed by atoms with van der Waals surface area (Å²) in [4.78, 5) is 32.7. The van der Waals surface area contributed by atoms with Crippen molar-refractivity contribution >= 4 is 17.9 Å². The standard InChI is InChI=1S/C10H13NO7/c11-5-2-1-4(3-5)10(17)18-7(9(15)16)6(12)8(13)14/h1-2,4-7,12H,3,11H2,(H,13,14)(H,15,16). The van der Waals surface area contributed by atoms with Crippen molar-refractivity contribution in [2.24, 2.45) is 11.7 Å². The SMILES string of the molecule is NC1C=CC(C(=O)OC(C(=O)O)C(O)C(=O)O)C1. The number of ether oxygens (including phenoxy) is 1. The molecule has 0 saturated carbocycles. The highest BCUT2D eigenvalue weighted by Gasteiger charge is 2.37. The quantitative estimate of drug-likeness (QED) is 0.338. The lowest BCUT2D eigenvalue weighted by molar-refractivity contribution is -0.180. The van der Waals surface area contributed by atoms with Crippen molar-refractivity contribution in [3.63, 3.8) is 0 Å². The molecule has 0 heterocycles. The summed E-state index contributed by atoms with van der Waals surface area (Å²) in [7, 11) is 0. The van der Waals surface area contributed by atoms with Crippen LogP contribution in [0.4, 0.5) is 0 Å². The number of nitrogens with two attached hydrogens (primary N) is 1. The van der Waals surface area contributed by atoms with E-state index in [0.29, 0.717) is 0 Å². The average Bonchev–Trinajstić information content (AvgIpc) is 2.71. The Morgan fingerprint density at radius 1 is 1.22 bits per heavy atom. The van der Waals surface area contributed by atoms with Crippen LogP contribution in [0.5, 0.6) is 0 Å². The van der Waals surface area contributed by atoms with E-state index in [1.807, 2.05) is 0 Å². The van der Waals surface area contributed by atoms with Gasteiger partial charge in [0.05, 0.1) is 5.92 Å². The summed E-state index contributed by atoms with van der Waals surface area (Å²) >= 11 is 0. The Balaban J connectivity index is 2.67. The summed E-state index contributed by atoms with van der Waals surface area (Å²) in [5, 5.41) is 26.3. The molecule has 4 atom stereocenters. The number of aliphatic hydroxyl groups is 1. The highest BCUT2D eigenvalue weighted by Crippen LogP contribution is 2.19. The van der Waals surface area contributed by atoms with Crippen molar-refractivity contribution in [1.82, 2.24) is 0 Å². The molecule has 0 fully saturated rings. The van der Waals surface area contributed by atoms with Gasteiger partial charge in [0, 0.05) is 6.04 Å². The Labute approximate surface area is 102 Å². The van der Waals surface area contributed by atoms with Gasteiger partial charge >= 0.3 is 17.9 Å². The summed E-state index contributed by atoms with van der Waals surface area (Å²) in [6, 6.07) is -0.324. The highest BCUT2D eigenvalue weighted by molar-refractivity contribution is 5.86. The molecule has 0 amide bonds. The first-order chi connectivity index (χ1) is 8.32. The van der Waals surface area contributed by atoms with Crippen LogP contribution in [0.1, 0.15) is 6.42 Å². The van der Waals surface area contributed by atoms with Crippen molar-refractivity contribution < 1.29 is 34.4 Å². The summed E-state index contributed by atoms with van der Waals surface area (Å²) < 4.78 is 4.49. The normalized spacial score (nSPS) is 25.4. The lowest BCUT2D eigenvalue weighted by Crippen LogP contribution is -2.43. The van der Waals surface area contributed by atoms with Crippen LogP contribution in [0, 0.1) is 5.92 Å². The van der Waals surface area contributed by atoms with Gasteiger partial charge in [0.1, 0.15) is 0 Å². The van der Waals surface area contributed by atoms with Gasteiger partial charge in [0.25, 0.3) is 0 Å². The first kappa shape index (κ1) is 14.1. The molecule has 0 spiro atoms. The van der Waals surface area contributed by atoms with E-state index in [1.165, 1.54) is 6.08 Å². The molecule has 0 bridgehead atoms. The minimum absolute atomic E-state index is 0.258. The molecular formula is C10H13NO7. The van der Waals surface area contributed by atoms with Crippen LogP contribution in [0.25, 0.3) is 0 Å². The Kier molecular flexibility index (Phi) is 4.40. The number of carbonyl (C=O) groups is 3. The first-order valence-corrected chi connectivity index (χ1v) is 5.11. The molecule has 0 saturated heterocycles. The molecule has 8 nitrogen and oxygen atoms in total. The van der Waals surface area contributed by atoms with Gasteiger partial charge < -0.3 is 25.8 Å². The lowest BCUT2D eigenvalue weighted by atomic mass is 10.1. The number of esters is 1. The molecule has 0 aromatic rings. The molecule has 4 unspecified atom stereocenters. The van der Waals surface area contributed by atoms with E-state index in [9.17, 15) is 14.4 Å². The zero-order valence-corrected chi connectivity index (χ0v) is 9.22. The second-order valence-electron chi connectivity index (χ2n) is 3.87.